The monoisotopic (exact) mass is 562 g/mol. The Morgan fingerprint density at radius 2 is 1.98 bits per heavy atom. The molecule has 1 unspecified atom stereocenters. The zero-order valence-electron chi connectivity index (χ0n) is 23.3. The molecule has 2 aromatic carbocycles. The van der Waals surface area contributed by atoms with Crippen molar-refractivity contribution in [3.05, 3.63) is 89.8 Å². The molecule has 41 heavy (non-hydrogen) atoms. The van der Waals surface area contributed by atoms with E-state index in [1.807, 2.05) is 36.7 Å². The molecule has 1 aliphatic heterocycles. The van der Waals surface area contributed by atoms with E-state index < -0.39 is 29.7 Å². The number of aromatic nitrogens is 2. The highest BCUT2D eigenvalue weighted by molar-refractivity contribution is 5.85. The van der Waals surface area contributed by atoms with Gasteiger partial charge in [0.2, 0.25) is 0 Å². The lowest BCUT2D eigenvalue weighted by Gasteiger charge is -2.43. The number of aryl methyl sites for hydroxylation is 1. The van der Waals surface area contributed by atoms with Crippen molar-refractivity contribution in [3.8, 4) is 6.07 Å². The van der Waals surface area contributed by atoms with Gasteiger partial charge in [0.05, 0.1) is 43.4 Å². The topological polar surface area (TPSA) is 108 Å². The number of nitrogens with one attached hydrogen (secondary N) is 1. The number of halogens is 1. The number of hydrogen-bond acceptors (Lipinski definition) is 7. The molecule has 10 heteroatoms. The lowest BCUT2D eigenvalue weighted by atomic mass is 9.78. The Hall–Kier alpha value is -3.62. The van der Waals surface area contributed by atoms with Crippen LogP contribution >= 0.6 is 0 Å². The predicted octanol–water partition coefficient (Wildman–Crippen LogP) is 4.26. The number of benzene rings is 2. The molecule has 4 atom stereocenters. The average Bonchev–Trinajstić information content (AvgIpc) is 3.60. The second-order valence-corrected chi connectivity index (χ2v) is 11.0. The van der Waals surface area contributed by atoms with E-state index in [2.05, 4.69) is 16.4 Å². The van der Waals surface area contributed by atoms with Crippen LogP contribution in [0.25, 0.3) is 0 Å². The van der Waals surface area contributed by atoms with Gasteiger partial charge in [0.25, 0.3) is 5.91 Å². The number of nitrogens with zero attached hydrogens (tertiary/aromatic N) is 3. The fourth-order valence-electron chi connectivity index (χ4n) is 5.46. The van der Waals surface area contributed by atoms with Crippen molar-refractivity contribution < 1.29 is 28.1 Å². The maximum absolute atomic E-state index is 14.4. The molecule has 1 saturated carbocycles. The van der Waals surface area contributed by atoms with E-state index in [0.717, 1.165) is 5.56 Å². The minimum absolute atomic E-state index is 0.0164. The van der Waals surface area contributed by atoms with Crippen LogP contribution in [0.2, 0.25) is 0 Å². The first-order chi connectivity index (χ1) is 19.8. The molecule has 216 valence electrons. The highest BCUT2D eigenvalue weighted by Crippen LogP contribution is 2.44. The molecule has 0 bridgehead atoms. The molecular weight excluding hydrogens is 527 g/mol. The minimum atomic E-state index is -1.28. The zero-order chi connectivity index (χ0) is 28.9. The molecule has 0 spiro atoms. The van der Waals surface area contributed by atoms with Crippen molar-refractivity contribution in [1.29, 1.82) is 5.26 Å². The summed E-state index contributed by atoms with van der Waals surface area (Å²) in [7, 11) is 0. The number of hydrogen-bond donors (Lipinski definition) is 1. The highest BCUT2D eigenvalue weighted by Gasteiger charge is 2.58. The summed E-state index contributed by atoms with van der Waals surface area (Å²) in [6.45, 7) is 4.97. The fraction of sp³-hybridized carbons (Fsp3) is 0.452. The number of rotatable bonds is 11. The molecular formula is C31H35FN4O5. The van der Waals surface area contributed by atoms with Crippen LogP contribution in [0.15, 0.2) is 67.3 Å². The summed E-state index contributed by atoms with van der Waals surface area (Å²) >= 11 is 0. The van der Waals surface area contributed by atoms with Gasteiger partial charge in [-0.05, 0) is 44.0 Å². The standard InChI is InChI=1S/C31H35FN4O5/c1-30(2)40-27-17-31(39-19-23-10-8-22(18-33)9-11-23,29(37)35-12-5-14-36-15-13-34-21-36)16-26(28(27)41-30)38-20-24-6-3-4-7-25(24)32/h3-4,6-11,13,15,21,26-28H,5,12,14,16-17,19-20H2,1-2H3,(H,35,37)/t26?,27-,28+,31-/m1/s1. The van der Waals surface area contributed by atoms with Crippen LogP contribution in [0.5, 0.6) is 0 Å². The summed E-state index contributed by atoms with van der Waals surface area (Å²) in [6, 6.07) is 15.6. The van der Waals surface area contributed by atoms with Crippen molar-refractivity contribution in [2.75, 3.05) is 6.54 Å². The van der Waals surface area contributed by atoms with Crippen LogP contribution in [0.3, 0.4) is 0 Å². The Morgan fingerprint density at radius 1 is 1.17 bits per heavy atom. The molecule has 1 saturated heterocycles. The van der Waals surface area contributed by atoms with E-state index in [4.69, 9.17) is 24.2 Å². The maximum atomic E-state index is 14.4. The van der Waals surface area contributed by atoms with Gasteiger partial charge in [0, 0.05) is 43.9 Å². The normalized spacial score (nSPS) is 24.9. The van der Waals surface area contributed by atoms with E-state index in [-0.39, 0.29) is 37.8 Å². The lowest BCUT2D eigenvalue weighted by molar-refractivity contribution is -0.183. The SMILES string of the molecule is CC1(C)O[C@@H]2C[C@@](OCc3ccc(C#N)cc3)(C(=O)NCCCn3ccnc3)CC(OCc3ccccc3F)[C@@H]2O1. The van der Waals surface area contributed by atoms with Crippen LogP contribution in [-0.4, -0.2) is 51.7 Å². The molecule has 1 N–H and O–H groups in total. The van der Waals surface area contributed by atoms with Crippen molar-refractivity contribution >= 4 is 5.91 Å². The van der Waals surface area contributed by atoms with Crippen LogP contribution in [0.1, 0.15) is 49.8 Å². The molecule has 2 aliphatic rings. The van der Waals surface area contributed by atoms with Crippen molar-refractivity contribution in [2.45, 2.75) is 82.6 Å². The van der Waals surface area contributed by atoms with Crippen LogP contribution < -0.4 is 5.32 Å². The first-order valence-electron chi connectivity index (χ1n) is 13.8. The first kappa shape index (κ1) is 28.9. The number of ether oxygens (including phenoxy) is 4. The summed E-state index contributed by atoms with van der Waals surface area (Å²) in [4.78, 5) is 18.0. The smallest absolute Gasteiger partial charge is 0.252 e. The van der Waals surface area contributed by atoms with Gasteiger partial charge in [-0.25, -0.2) is 9.37 Å². The summed E-state index contributed by atoms with van der Waals surface area (Å²) in [5, 5.41) is 12.2. The van der Waals surface area contributed by atoms with E-state index in [1.54, 1.807) is 42.9 Å². The molecule has 2 heterocycles. The van der Waals surface area contributed by atoms with Gasteiger partial charge >= 0.3 is 0 Å². The number of fused-ring (bicyclic) bond motifs is 1. The predicted molar refractivity (Wildman–Crippen MR) is 147 cm³/mol. The number of nitriles is 1. The van der Waals surface area contributed by atoms with Gasteiger partial charge in [-0.15, -0.1) is 0 Å². The number of amides is 1. The van der Waals surface area contributed by atoms with Gasteiger partial charge < -0.3 is 28.8 Å². The van der Waals surface area contributed by atoms with Crippen LogP contribution in [0.4, 0.5) is 4.39 Å². The highest BCUT2D eigenvalue weighted by atomic mass is 19.1. The van der Waals surface area contributed by atoms with Crippen LogP contribution in [0, 0.1) is 17.1 Å². The van der Waals surface area contributed by atoms with E-state index in [0.29, 0.717) is 30.6 Å². The molecule has 2 fully saturated rings. The molecule has 9 nitrogen and oxygen atoms in total. The van der Waals surface area contributed by atoms with Gasteiger partial charge in [-0.2, -0.15) is 5.26 Å². The minimum Gasteiger partial charge on any atom is -0.370 e. The molecule has 1 aliphatic carbocycles. The van der Waals surface area contributed by atoms with Crippen LogP contribution in [-0.2, 0) is 43.5 Å². The van der Waals surface area contributed by atoms with Crippen molar-refractivity contribution in [2.24, 2.45) is 0 Å². The summed E-state index contributed by atoms with van der Waals surface area (Å²) in [5.74, 6) is -1.50. The molecule has 1 amide bonds. The molecule has 3 aromatic rings. The lowest BCUT2D eigenvalue weighted by Crippen LogP contribution is -2.60. The zero-order valence-corrected chi connectivity index (χ0v) is 23.3. The van der Waals surface area contributed by atoms with Gasteiger partial charge in [-0.3, -0.25) is 4.79 Å². The van der Waals surface area contributed by atoms with Gasteiger partial charge in [0.1, 0.15) is 11.9 Å². The summed E-state index contributed by atoms with van der Waals surface area (Å²) < 4.78 is 41.6. The Morgan fingerprint density at radius 3 is 2.71 bits per heavy atom. The number of imidazole rings is 1. The Bertz CT molecular complexity index is 1360. The fourth-order valence-corrected chi connectivity index (χ4v) is 5.46. The van der Waals surface area contributed by atoms with E-state index >= 15 is 0 Å². The summed E-state index contributed by atoms with van der Waals surface area (Å²) in [5.41, 5.74) is 0.500. The van der Waals surface area contributed by atoms with E-state index in [9.17, 15) is 9.18 Å². The number of carbonyl (C=O) groups is 1. The van der Waals surface area contributed by atoms with E-state index in [1.165, 1.54) is 6.07 Å². The largest absolute Gasteiger partial charge is 0.370 e. The third kappa shape index (κ3) is 7.00. The Labute approximate surface area is 239 Å². The average molecular weight is 563 g/mol. The molecule has 5 rings (SSSR count). The number of carbonyl (C=O) groups excluding carboxylic acids is 1. The first-order valence-corrected chi connectivity index (χ1v) is 13.8. The second-order valence-electron chi connectivity index (χ2n) is 11.0. The Balaban J connectivity index is 1.36. The third-order valence-corrected chi connectivity index (χ3v) is 7.51. The second kappa shape index (κ2) is 12.5. The van der Waals surface area contributed by atoms with Gasteiger partial charge in [-0.1, -0.05) is 30.3 Å². The van der Waals surface area contributed by atoms with Crippen molar-refractivity contribution in [1.82, 2.24) is 14.9 Å². The molecule has 1 aromatic heterocycles. The third-order valence-electron chi connectivity index (χ3n) is 7.51. The van der Waals surface area contributed by atoms with Crippen molar-refractivity contribution in [3.63, 3.8) is 0 Å². The maximum Gasteiger partial charge on any atom is 0.252 e. The van der Waals surface area contributed by atoms with Gasteiger partial charge in [0.15, 0.2) is 11.4 Å². The Kier molecular flexibility index (Phi) is 8.80. The quantitative estimate of drug-likeness (QED) is 0.348. The summed E-state index contributed by atoms with van der Waals surface area (Å²) in [6.07, 6.45) is 5.00. The molecule has 0 radical (unpaired) electrons.